The van der Waals surface area contributed by atoms with Gasteiger partial charge in [0.2, 0.25) is 0 Å². The molecular weight excluding hydrogens is 304 g/mol. The molecule has 2 heterocycles. The minimum Gasteiger partial charge on any atom is -0.307 e. The van der Waals surface area contributed by atoms with Crippen LogP contribution in [0.3, 0.4) is 0 Å². The molecule has 0 saturated heterocycles. The number of benzene rings is 1. The number of aryl methyl sites for hydroxylation is 1. The van der Waals surface area contributed by atoms with Crippen molar-refractivity contribution in [1.82, 2.24) is 20.1 Å². The van der Waals surface area contributed by atoms with Crippen molar-refractivity contribution in [2.45, 2.75) is 43.3 Å². The Balaban J connectivity index is 1.61. The maximum Gasteiger partial charge on any atom is 0.137 e. The predicted molar refractivity (Wildman–Crippen MR) is 86.8 cm³/mol. The molecule has 0 amide bonds. The van der Waals surface area contributed by atoms with Crippen LogP contribution in [-0.2, 0) is 6.54 Å². The zero-order valence-electron chi connectivity index (χ0n) is 12.0. The van der Waals surface area contributed by atoms with E-state index in [1.54, 1.807) is 12.7 Å². The first-order valence-electron chi connectivity index (χ1n) is 7.23. The maximum atomic E-state index is 6.15. The largest absolute Gasteiger partial charge is 0.307 e. The number of rotatable bonds is 5. The van der Waals surface area contributed by atoms with Gasteiger partial charge >= 0.3 is 0 Å². The molecule has 0 radical (unpaired) electrons. The van der Waals surface area contributed by atoms with Crippen molar-refractivity contribution in [3.63, 3.8) is 0 Å². The SMILES string of the molecule is C[C@H](CCn1cncn1)N[C@@H]1CCSc2ccc(Cl)cc21. The van der Waals surface area contributed by atoms with Crippen molar-refractivity contribution in [1.29, 1.82) is 0 Å². The molecule has 0 aliphatic carbocycles. The first-order chi connectivity index (χ1) is 10.2. The quantitative estimate of drug-likeness (QED) is 0.914. The standard InChI is InChI=1S/C15H19ClN4S/c1-11(4-6-20-10-17-9-18-20)19-14-5-7-21-15-3-2-12(16)8-13(14)15/h2-3,8-11,14,19H,4-7H2,1H3/t11-,14-/m1/s1. The Kier molecular flexibility index (Phi) is 4.83. The van der Waals surface area contributed by atoms with Crippen LogP contribution in [0.5, 0.6) is 0 Å². The topological polar surface area (TPSA) is 42.7 Å². The number of aromatic nitrogens is 3. The van der Waals surface area contributed by atoms with E-state index >= 15 is 0 Å². The van der Waals surface area contributed by atoms with Crippen LogP contribution in [0.25, 0.3) is 0 Å². The van der Waals surface area contributed by atoms with E-state index in [2.05, 4.69) is 34.5 Å². The molecule has 0 bridgehead atoms. The fraction of sp³-hybridized carbons (Fsp3) is 0.467. The van der Waals surface area contributed by atoms with Gasteiger partial charge in [-0.1, -0.05) is 11.6 Å². The third-order valence-corrected chi connectivity index (χ3v) is 5.11. The predicted octanol–water partition coefficient (Wildman–Crippen LogP) is 3.54. The molecule has 21 heavy (non-hydrogen) atoms. The van der Waals surface area contributed by atoms with Crippen LogP contribution in [0.4, 0.5) is 0 Å². The highest BCUT2D eigenvalue weighted by molar-refractivity contribution is 7.99. The third kappa shape index (κ3) is 3.78. The molecule has 0 unspecified atom stereocenters. The smallest absolute Gasteiger partial charge is 0.137 e. The Labute approximate surface area is 134 Å². The lowest BCUT2D eigenvalue weighted by atomic mass is 10.0. The number of nitrogens with one attached hydrogen (secondary N) is 1. The van der Waals surface area contributed by atoms with E-state index in [4.69, 9.17) is 11.6 Å². The van der Waals surface area contributed by atoms with Crippen molar-refractivity contribution in [2.24, 2.45) is 0 Å². The molecule has 0 saturated carbocycles. The Hall–Kier alpha value is -1.04. The summed E-state index contributed by atoms with van der Waals surface area (Å²) in [5.74, 6) is 1.15. The highest BCUT2D eigenvalue weighted by Gasteiger charge is 2.22. The van der Waals surface area contributed by atoms with Gasteiger partial charge in [-0.05, 0) is 49.3 Å². The van der Waals surface area contributed by atoms with Gasteiger partial charge in [-0.25, -0.2) is 4.98 Å². The minimum atomic E-state index is 0.394. The van der Waals surface area contributed by atoms with Gasteiger partial charge in [0.25, 0.3) is 0 Å². The lowest BCUT2D eigenvalue weighted by molar-refractivity contribution is 0.397. The van der Waals surface area contributed by atoms with Gasteiger partial charge in [0, 0.05) is 28.5 Å². The van der Waals surface area contributed by atoms with Gasteiger partial charge in [0.05, 0.1) is 0 Å². The van der Waals surface area contributed by atoms with Crippen LogP contribution in [0, 0.1) is 0 Å². The number of fused-ring (bicyclic) bond motifs is 1. The summed E-state index contributed by atoms with van der Waals surface area (Å²) < 4.78 is 1.87. The van der Waals surface area contributed by atoms with Gasteiger partial charge in [-0.3, -0.25) is 4.68 Å². The third-order valence-electron chi connectivity index (χ3n) is 3.75. The summed E-state index contributed by atoms with van der Waals surface area (Å²) in [6.45, 7) is 3.11. The van der Waals surface area contributed by atoms with Gasteiger partial charge in [-0.15, -0.1) is 11.8 Å². The lowest BCUT2D eigenvalue weighted by Gasteiger charge is -2.29. The summed E-state index contributed by atoms with van der Waals surface area (Å²) in [5, 5.41) is 8.69. The van der Waals surface area contributed by atoms with E-state index in [9.17, 15) is 0 Å². The molecule has 0 spiro atoms. The Morgan fingerprint density at radius 2 is 2.43 bits per heavy atom. The van der Waals surface area contributed by atoms with Crippen molar-refractivity contribution < 1.29 is 0 Å². The molecule has 1 aliphatic rings. The molecule has 4 nitrogen and oxygen atoms in total. The number of hydrogen-bond donors (Lipinski definition) is 1. The van der Waals surface area contributed by atoms with Gasteiger partial charge in [0.15, 0.2) is 0 Å². The van der Waals surface area contributed by atoms with E-state index < -0.39 is 0 Å². The highest BCUT2D eigenvalue weighted by Crippen LogP contribution is 2.37. The van der Waals surface area contributed by atoms with Crippen LogP contribution in [0.1, 0.15) is 31.4 Å². The molecule has 1 aromatic carbocycles. The summed E-state index contributed by atoms with van der Waals surface area (Å²) in [6, 6.07) is 7.03. The molecule has 1 aromatic heterocycles. The molecule has 112 valence electrons. The molecule has 6 heteroatoms. The first kappa shape index (κ1) is 14.9. The minimum absolute atomic E-state index is 0.394. The van der Waals surface area contributed by atoms with E-state index in [-0.39, 0.29) is 0 Å². The second-order valence-corrected chi connectivity index (χ2v) is 6.96. The van der Waals surface area contributed by atoms with Crippen LogP contribution in [0.2, 0.25) is 5.02 Å². The Morgan fingerprint density at radius 3 is 3.24 bits per heavy atom. The average molecular weight is 323 g/mol. The molecule has 3 rings (SSSR count). The van der Waals surface area contributed by atoms with Crippen LogP contribution in [-0.4, -0.2) is 26.6 Å². The monoisotopic (exact) mass is 322 g/mol. The Bertz CT molecular complexity index is 587. The van der Waals surface area contributed by atoms with Crippen LogP contribution < -0.4 is 5.32 Å². The molecule has 1 N–H and O–H groups in total. The lowest BCUT2D eigenvalue weighted by Crippen LogP contribution is -2.33. The van der Waals surface area contributed by atoms with Crippen molar-refractivity contribution in [2.75, 3.05) is 5.75 Å². The molecule has 0 fully saturated rings. The van der Waals surface area contributed by atoms with Crippen LogP contribution >= 0.6 is 23.4 Å². The van der Waals surface area contributed by atoms with E-state index in [0.717, 1.165) is 30.2 Å². The summed E-state index contributed by atoms with van der Waals surface area (Å²) in [5.41, 5.74) is 1.34. The molecule has 2 atom stereocenters. The molecule has 1 aliphatic heterocycles. The van der Waals surface area contributed by atoms with Gasteiger partial charge in [0.1, 0.15) is 12.7 Å². The number of hydrogen-bond acceptors (Lipinski definition) is 4. The second-order valence-electron chi connectivity index (χ2n) is 5.39. The van der Waals surface area contributed by atoms with Crippen molar-refractivity contribution >= 4 is 23.4 Å². The fourth-order valence-corrected chi connectivity index (χ4v) is 3.93. The highest BCUT2D eigenvalue weighted by atomic mass is 35.5. The zero-order chi connectivity index (χ0) is 14.7. The number of nitrogens with zero attached hydrogens (tertiary/aromatic N) is 3. The second kappa shape index (κ2) is 6.81. The van der Waals surface area contributed by atoms with Gasteiger partial charge < -0.3 is 5.32 Å². The van der Waals surface area contributed by atoms with E-state index in [0.29, 0.717) is 12.1 Å². The summed E-state index contributed by atoms with van der Waals surface area (Å²) in [6.07, 6.45) is 5.52. The Morgan fingerprint density at radius 1 is 1.52 bits per heavy atom. The normalized spacial score (nSPS) is 19.2. The number of thioether (sulfide) groups is 1. The summed E-state index contributed by atoms with van der Waals surface area (Å²) in [7, 11) is 0. The summed E-state index contributed by atoms with van der Waals surface area (Å²) in [4.78, 5) is 5.32. The van der Waals surface area contributed by atoms with E-state index in [1.165, 1.54) is 10.5 Å². The number of halogens is 1. The molecule has 2 aromatic rings. The zero-order valence-corrected chi connectivity index (χ0v) is 13.6. The van der Waals surface area contributed by atoms with Crippen LogP contribution in [0.15, 0.2) is 35.7 Å². The maximum absolute atomic E-state index is 6.15. The summed E-state index contributed by atoms with van der Waals surface area (Å²) >= 11 is 8.07. The first-order valence-corrected chi connectivity index (χ1v) is 8.59. The molecular formula is C15H19ClN4S. The van der Waals surface area contributed by atoms with Crippen molar-refractivity contribution in [3.8, 4) is 0 Å². The van der Waals surface area contributed by atoms with Crippen molar-refractivity contribution in [3.05, 3.63) is 41.4 Å². The average Bonchev–Trinajstić information content (AvgIpc) is 2.99. The van der Waals surface area contributed by atoms with E-state index in [1.807, 2.05) is 22.5 Å². The fourth-order valence-electron chi connectivity index (χ4n) is 2.64. The van der Waals surface area contributed by atoms with Gasteiger partial charge in [-0.2, -0.15) is 5.10 Å².